The van der Waals surface area contributed by atoms with Crippen LogP contribution >= 0.6 is 15.9 Å². The predicted octanol–water partition coefficient (Wildman–Crippen LogP) is 2.56. The fraction of sp³-hybridized carbons (Fsp3) is 0.500. The molecule has 1 aliphatic rings. The maximum absolute atomic E-state index is 12.6. The normalized spacial score (nSPS) is 21.3. The minimum absolute atomic E-state index is 0.0945. The number of rotatable bonds is 4. The molecule has 2 unspecified atom stereocenters. The molecule has 2 atom stereocenters. The van der Waals surface area contributed by atoms with Crippen molar-refractivity contribution in [3.8, 4) is 0 Å². The summed E-state index contributed by atoms with van der Waals surface area (Å²) >= 11 is 3.21. The molecule has 6 nitrogen and oxygen atoms in total. The van der Waals surface area contributed by atoms with Crippen molar-refractivity contribution in [3.63, 3.8) is 0 Å². The Labute approximate surface area is 131 Å². The highest BCUT2D eigenvalue weighted by Crippen LogP contribution is 2.30. The fourth-order valence-electron chi connectivity index (χ4n) is 2.96. The highest BCUT2D eigenvalue weighted by atomic mass is 79.9. The average Bonchev–Trinajstić information content (AvgIpc) is 2.93. The number of halogens is 1. The highest BCUT2D eigenvalue weighted by molar-refractivity contribution is 9.10. The van der Waals surface area contributed by atoms with E-state index in [9.17, 15) is 14.9 Å². The van der Waals surface area contributed by atoms with E-state index in [1.54, 1.807) is 18.0 Å². The Hall–Kier alpha value is -1.47. The predicted molar refractivity (Wildman–Crippen MR) is 83.1 cm³/mol. The van der Waals surface area contributed by atoms with Gasteiger partial charge in [0.05, 0.1) is 4.92 Å². The molecule has 0 aromatic heterocycles. The van der Waals surface area contributed by atoms with Gasteiger partial charge >= 0.3 is 0 Å². The Bertz CT molecular complexity index is 564. The molecule has 1 fully saturated rings. The van der Waals surface area contributed by atoms with Gasteiger partial charge in [-0.15, -0.1) is 0 Å². The zero-order chi connectivity index (χ0) is 15.6. The lowest BCUT2D eigenvalue weighted by Crippen LogP contribution is -2.41. The molecule has 1 aliphatic carbocycles. The van der Waals surface area contributed by atoms with Crippen LogP contribution in [0.4, 0.5) is 5.69 Å². The van der Waals surface area contributed by atoms with E-state index in [-0.39, 0.29) is 17.6 Å². The smallest absolute Gasteiger partial charge is 0.271 e. The molecule has 0 heterocycles. The van der Waals surface area contributed by atoms with Gasteiger partial charge < -0.3 is 10.6 Å². The standard InChI is InChI=1S/C14H18BrN3O3/c1-17(13-4-2-3-9(13)8-16)14(19)10-5-11(15)7-12(6-10)18(20)21/h5-7,9,13H,2-4,8,16H2,1H3. The molecule has 21 heavy (non-hydrogen) atoms. The summed E-state index contributed by atoms with van der Waals surface area (Å²) in [5.41, 5.74) is 5.98. The number of hydrogen-bond donors (Lipinski definition) is 1. The maximum Gasteiger partial charge on any atom is 0.271 e. The van der Waals surface area contributed by atoms with E-state index in [0.29, 0.717) is 22.5 Å². The van der Waals surface area contributed by atoms with Crippen LogP contribution in [0, 0.1) is 16.0 Å². The second kappa shape index (κ2) is 6.53. The van der Waals surface area contributed by atoms with Crippen molar-refractivity contribution < 1.29 is 9.72 Å². The van der Waals surface area contributed by atoms with Crippen molar-refractivity contribution in [2.24, 2.45) is 11.7 Å². The Balaban J connectivity index is 2.25. The number of carbonyl (C=O) groups is 1. The van der Waals surface area contributed by atoms with Crippen LogP contribution in [0.2, 0.25) is 0 Å². The minimum atomic E-state index is -0.500. The number of amides is 1. The van der Waals surface area contributed by atoms with E-state index < -0.39 is 4.92 Å². The second-order valence-electron chi connectivity index (χ2n) is 5.37. The zero-order valence-electron chi connectivity index (χ0n) is 11.8. The summed E-state index contributed by atoms with van der Waals surface area (Å²) in [4.78, 5) is 24.6. The van der Waals surface area contributed by atoms with Crippen molar-refractivity contribution in [1.82, 2.24) is 4.90 Å². The van der Waals surface area contributed by atoms with Crippen LogP contribution in [0.5, 0.6) is 0 Å². The maximum atomic E-state index is 12.6. The van der Waals surface area contributed by atoms with Gasteiger partial charge in [0.1, 0.15) is 0 Å². The fourth-order valence-corrected chi connectivity index (χ4v) is 3.44. The molecule has 1 aromatic rings. The summed E-state index contributed by atoms with van der Waals surface area (Å²) in [6, 6.07) is 4.42. The number of nitro groups is 1. The number of hydrogen-bond acceptors (Lipinski definition) is 4. The van der Waals surface area contributed by atoms with E-state index in [1.807, 2.05) is 0 Å². The van der Waals surface area contributed by atoms with Crippen molar-refractivity contribution in [3.05, 3.63) is 38.3 Å². The molecule has 2 N–H and O–H groups in total. The van der Waals surface area contributed by atoms with E-state index in [2.05, 4.69) is 15.9 Å². The lowest BCUT2D eigenvalue weighted by atomic mass is 10.0. The highest BCUT2D eigenvalue weighted by Gasteiger charge is 2.32. The molecule has 2 rings (SSSR count). The summed E-state index contributed by atoms with van der Waals surface area (Å²) in [5.74, 6) is 0.103. The van der Waals surface area contributed by atoms with Crippen LogP contribution in [0.3, 0.4) is 0 Å². The number of non-ortho nitro benzene ring substituents is 1. The topological polar surface area (TPSA) is 89.5 Å². The first-order valence-corrected chi connectivity index (χ1v) is 7.65. The molecule has 114 valence electrons. The summed E-state index contributed by atoms with van der Waals surface area (Å²) in [7, 11) is 1.74. The van der Waals surface area contributed by atoms with Gasteiger partial charge in [-0.05, 0) is 31.4 Å². The number of nitrogens with two attached hydrogens (primary N) is 1. The number of benzene rings is 1. The quantitative estimate of drug-likeness (QED) is 0.663. The number of nitrogens with zero attached hydrogens (tertiary/aromatic N) is 2. The lowest BCUT2D eigenvalue weighted by Gasteiger charge is -2.29. The van der Waals surface area contributed by atoms with Crippen molar-refractivity contribution >= 4 is 27.5 Å². The van der Waals surface area contributed by atoms with Crippen LogP contribution in [0.1, 0.15) is 29.6 Å². The number of carbonyl (C=O) groups excluding carboxylic acids is 1. The van der Waals surface area contributed by atoms with E-state index in [4.69, 9.17) is 5.73 Å². The van der Waals surface area contributed by atoms with Crippen LogP contribution in [0.15, 0.2) is 22.7 Å². The van der Waals surface area contributed by atoms with E-state index in [0.717, 1.165) is 19.3 Å². The van der Waals surface area contributed by atoms with Gasteiger partial charge in [0.15, 0.2) is 0 Å². The van der Waals surface area contributed by atoms with E-state index >= 15 is 0 Å². The molecule has 0 bridgehead atoms. The lowest BCUT2D eigenvalue weighted by molar-refractivity contribution is -0.385. The van der Waals surface area contributed by atoms with Gasteiger partial charge in [-0.1, -0.05) is 22.4 Å². The largest absolute Gasteiger partial charge is 0.338 e. The Kier molecular flexibility index (Phi) is 4.95. The summed E-state index contributed by atoms with van der Waals surface area (Å²) in [6.07, 6.45) is 3.01. The van der Waals surface area contributed by atoms with Gasteiger partial charge in [-0.2, -0.15) is 0 Å². The van der Waals surface area contributed by atoms with Gasteiger partial charge in [0.2, 0.25) is 0 Å². The molecule has 0 radical (unpaired) electrons. The van der Waals surface area contributed by atoms with E-state index in [1.165, 1.54) is 12.1 Å². The van der Waals surface area contributed by atoms with Gasteiger partial charge in [-0.25, -0.2) is 0 Å². The van der Waals surface area contributed by atoms with Gasteiger partial charge in [-0.3, -0.25) is 14.9 Å². The third kappa shape index (κ3) is 3.41. The van der Waals surface area contributed by atoms with Crippen molar-refractivity contribution in [2.45, 2.75) is 25.3 Å². The van der Waals surface area contributed by atoms with Gasteiger partial charge in [0.25, 0.3) is 11.6 Å². The van der Waals surface area contributed by atoms with Crippen LogP contribution in [0.25, 0.3) is 0 Å². The molecule has 0 aliphatic heterocycles. The van der Waals surface area contributed by atoms with Crippen LogP contribution in [-0.2, 0) is 0 Å². The third-order valence-electron chi connectivity index (χ3n) is 4.08. The summed E-state index contributed by atoms with van der Waals surface area (Å²) < 4.78 is 0.523. The molecule has 7 heteroatoms. The van der Waals surface area contributed by atoms with Gasteiger partial charge in [0, 0.05) is 35.3 Å². The van der Waals surface area contributed by atoms with Crippen molar-refractivity contribution in [1.29, 1.82) is 0 Å². The minimum Gasteiger partial charge on any atom is -0.338 e. The van der Waals surface area contributed by atoms with Crippen LogP contribution in [-0.4, -0.2) is 35.4 Å². The molecule has 1 aromatic carbocycles. The average molecular weight is 356 g/mol. The molecule has 0 saturated heterocycles. The summed E-state index contributed by atoms with van der Waals surface area (Å²) in [6.45, 7) is 0.556. The third-order valence-corrected chi connectivity index (χ3v) is 4.54. The van der Waals surface area contributed by atoms with Crippen molar-refractivity contribution in [2.75, 3.05) is 13.6 Å². The first kappa shape index (κ1) is 15.9. The Morgan fingerprint density at radius 1 is 1.48 bits per heavy atom. The Morgan fingerprint density at radius 3 is 2.81 bits per heavy atom. The molecular weight excluding hydrogens is 338 g/mol. The molecule has 0 spiro atoms. The first-order valence-electron chi connectivity index (χ1n) is 6.86. The Morgan fingerprint density at radius 2 is 2.19 bits per heavy atom. The summed E-state index contributed by atoms with van der Waals surface area (Å²) in [5, 5.41) is 10.9. The zero-order valence-corrected chi connectivity index (χ0v) is 13.4. The second-order valence-corrected chi connectivity index (χ2v) is 6.28. The molecular formula is C14H18BrN3O3. The monoisotopic (exact) mass is 355 g/mol. The number of nitro benzene ring substituents is 1. The molecule has 1 amide bonds. The first-order chi connectivity index (χ1) is 9.93. The SMILES string of the molecule is CN(C(=O)c1cc(Br)cc([N+](=O)[O-])c1)C1CCCC1CN. The molecule has 1 saturated carbocycles. The van der Waals surface area contributed by atoms with Crippen LogP contribution < -0.4 is 5.73 Å².